The summed E-state index contributed by atoms with van der Waals surface area (Å²) in [6, 6.07) is 7.10. The van der Waals surface area contributed by atoms with Crippen LogP contribution in [0.5, 0.6) is 0 Å². The van der Waals surface area contributed by atoms with Gasteiger partial charge < -0.3 is 19.6 Å². The van der Waals surface area contributed by atoms with E-state index in [4.69, 9.17) is 23.2 Å². The number of pyridine rings is 2. The Labute approximate surface area is 247 Å². The van der Waals surface area contributed by atoms with Crippen molar-refractivity contribution in [3.63, 3.8) is 0 Å². The molecule has 0 aliphatic carbocycles. The molecule has 220 valence electrons. The molecular weight excluding hydrogens is 575 g/mol. The normalized spacial score (nSPS) is 17.3. The zero-order chi connectivity index (χ0) is 29.2. The second-order valence-corrected chi connectivity index (χ2v) is 10.6. The molecule has 0 atom stereocenters. The van der Waals surface area contributed by atoms with Gasteiger partial charge in [-0.25, -0.2) is 30.2 Å². The summed E-state index contributed by atoms with van der Waals surface area (Å²) in [7, 11) is 0. The summed E-state index contributed by atoms with van der Waals surface area (Å²) >= 11 is 11.7. The Balaban J connectivity index is 1.18. The maximum absolute atomic E-state index is 11.2. The number of nitrogens with zero attached hydrogens (tertiary/aromatic N) is 10. The summed E-state index contributed by atoms with van der Waals surface area (Å²) in [5, 5.41) is 29.2. The fraction of sp³-hybridized carbons (Fsp3) is 0.520. The molecule has 0 amide bonds. The van der Waals surface area contributed by atoms with Crippen molar-refractivity contribution in [2.24, 2.45) is 10.2 Å². The summed E-state index contributed by atoms with van der Waals surface area (Å²) in [5.74, 6) is 0.742. The molecule has 2 aromatic rings. The van der Waals surface area contributed by atoms with E-state index < -0.39 is 10.1 Å². The summed E-state index contributed by atoms with van der Waals surface area (Å²) < 4.78 is 0. The number of halogens is 2. The lowest BCUT2D eigenvalue weighted by Crippen LogP contribution is -2.35. The van der Waals surface area contributed by atoms with Crippen molar-refractivity contribution in [1.82, 2.24) is 29.6 Å². The van der Waals surface area contributed by atoms with E-state index in [1.54, 1.807) is 24.5 Å². The van der Waals surface area contributed by atoms with Gasteiger partial charge in [-0.1, -0.05) is 54.6 Å². The van der Waals surface area contributed by atoms with Gasteiger partial charge in [0.2, 0.25) is 0 Å². The number of hydrogen-bond acceptors (Lipinski definition) is 6. The lowest BCUT2D eigenvalue weighted by molar-refractivity contribution is -0.486. The van der Waals surface area contributed by atoms with Gasteiger partial charge >= 0.3 is 0 Å². The minimum absolute atomic E-state index is 0.371. The first-order valence-electron chi connectivity index (χ1n) is 13.4. The molecule has 2 fully saturated rings. The van der Waals surface area contributed by atoms with Crippen LogP contribution in [0.25, 0.3) is 0 Å². The fourth-order valence-electron chi connectivity index (χ4n) is 4.98. The Kier molecular flexibility index (Phi) is 10.8. The van der Waals surface area contributed by atoms with Gasteiger partial charge in [0.25, 0.3) is 11.9 Å². The molecule has 4 heterocycles. The van der Waals surface area contributed by atoms with Crippen LogP contribution in [0.15, 0.2) is 46.9 Å². The molecule has 0 saturated carbocycles. The van der Waals surface area contributed by atoms with E-state index >= 15 is 0 Å². The number of nitro groups is 2. The van der Waals surface area contributed by atoms with E-state index in [9.17, 15) is 20.2 Å². The number of rotatable bonds is 14. The molecule has 0 spiro atoms. The van der Waals surface area contributed by atoms with Crippen molar-refractivity contribution in [2.45, 2.75) is 45.2 Å². The average Bonchev–Trinajstić information content (AvgIpc) is 3.48. The lowest BCUT2D eigenvalue weighted by atomic mass is 10.1. The number of guanidine groups is 2. The SMILES string of the molecule is O=[N+]([O-])/N=C1\N(CCCCCCCN2CCN(Cc3ccc(Cl)nc3)/C2=N/[N+](=O)[O-])CCN1Cc1ccc(Cl)nc1. The van der Waals surface area contributed by atoms with Gasteiger partial charge in [-0.3, -0.25) is 0 Å². The van der Waals surface area contributed by atoms with Gasteiger partial charge in [0.1, 0.15) is 20.5 Å². The third-order valence-electron chi connectivity index (χ3n) is 6.93. The van der Waals surface area contributed by atoms with Crippen LogP contribution in [0.1, 0.15) is 43.2 Å². The van der Waals surface area contributed by atoms with Crippen LogP contribution in [-0.4, -0.2) is 90.8 Å². The molecular formula is C25H32Cl2N10O4. The lowest BCUT2D eigenvalue weighted by Gasteiger charge is -2.21. The van der Waals surface area contributed by atoms with Crippen LogP contribution in [-0.2, 0) is 13.1 Å². The topological polar surface area (TPSA) is 150 Å². The molecule has 0 radical (unpaired) electrons. The van der Waals surface area contributed by atoms with Gasteiger partial charge in [0, 0.05) is 64.8 Å². The predicted molar refractivity (Wildman–Crippen MR) is 154 cm³/mol. The van der Waals surface area contributed by atoms with E-state index in [1.807, 2.05) is 31.7 Å². The van der Waals surface area contributed by atoms with Crippen LogP contribution in [0, 0.1) is 20.2 Å². The highest BCUT2D eigenvalue weighted by Crippen LogP contribution is 2.18. The first kappa shape index (κ1) is 30.2. The standard InChI is InChI=1S/C25H32Cl2N10O4/c26-22-8-6-20(16-28-22)18-34-14-12-32(24(34)30-36(38)39)10-4-2-1-3-5-11-33-13-15-35(25(33)31-37(40)41)19-21-7-9-23(27)29-17-21/h6-9,16-17H,1-5,10-15,18-19H2/b30-24+,31-25+. The molecule has 16 heteroatoms. The van der Waals surface area contributed by atoms with Gasteiger partial charge in [-0.15, -0.1) is 0 Å². The monoisotopic (exact) mass is 606 g/mol. The summed E-state index contributed by atoms with van der Waals surface area (Å²) in [4.78, 5) is 38.2. The number of hydrazone groups is 2. The Morgan fingerprint density at radius 2 is 1.05 bits per heavy atom. The average molecular weight is 608 g/mol. The molecule has 0 unspecified atom stereocenters. The largest absolute Gasteiger partial charge is 0.336 e. The molecule has 14 nitrogen and oxygen atoms in total. The Morgan fingerprint density at radius 1 is 0.659 bits per heavy atom. The number of aromatic nitrogens is 2. The van der Waals surface area contributed by atoms with Gasteiger partial charge in [-0.05, 0) is 36.1 Å². The highest BCUT2D eigenvalue weighted by atomic mass is 35.5. The Bertz CT molecular complexity index is 1150. The third kappa shape index (κ3) is 9.11. The number of unbranched alkanes of at least 4 members (excludes halogenated alkanes) is 4. The van der Waals surface area contributed by atoms with Crippen LogP contribution in [0.3, 0.4) is 0 Å². The van der Waals surface area contributed by atoms with Crippen LogP contribution in [0.2, 0.25) is 10.3 Å². The number of hydrogen-bond donors (Lipinski definition) is 0. The second kappa shape index (κ2) is 14.7. The van der Waals surface area contributed by atoms with E-state index in [0.717, 1.165) is 43.2 Å². The van der Waals surface area contributed by atoms with Crippen LogP contribution < -0.4 is 0 Å². The Morgan fingerprint density at radius 3 is 1.41 bits per heavy atom. The van der Waals surface area contributed by atoms with Crippen molar-refractivity contribution >= 4 is 35.1 Å². The molecule has 2 aliphatic heterocycles. The summed E-state index contributed by atoms with van der Waals surface area (Å²) in [6.45, 7) is 4.94. The minimum atomic E-state index is -0.650. The second-order valence-electron chi connectivity index (χ2n) is 9.84. The molecule has 0 N–H and O–H groups in total. The smallest absolute Gasteiger partial charge is 0.274 e. The van der Waals surface area contributed by atoms with Crippen LogP contribution in [0.4, 0.5) is 0 Å². The van der Waals surface area contributed by atoms with Crippen LogP contribution >= 0.6 is 23.2 Å². The van der Waals surface area contributed by atoms with Crippen molar-refractivity contribution in [3.05, 3.63) is 78.3 Å². The molecule has 0 bridgehead atoms. The summed E-state index contributed by atoms with van der Waals surface area (Å²) in [6.07, 6.45) is 8.02. The Hall–Kier alpha value is -3.78. The first-order chi connectivity index (χ1) is 19.8. The van der Waals surface area contributed by atoms with Gasteiger partial charge in [0.15, 0.2) is 10.1 Å². The fourth-order valence-corrected chi connectivity index (χ4v) is 5.20. The van der Waals surface area contributed by atoms with Crippen molar-refractivity contribution < 1.29 is 10.1 Å². The maximum Gasteiger partial charge on any atom is 0.274 e. The van der Waals surface area contributed by atoms with E-state index in [0.29, 0.717) is 74.6 Å². The van der Waals surface area contributed by atoms with E-state index in [1.165, 1.54) is 0 Å². The van der Waals surface area contributed by atoms with Crippen molar-refractivity contribution in [2.75, 3.05) is 39.3 Å². The zero-order valence-corrected chi connectivity index (χ0v) is 24.0. The molecule has 41 heavy (non-hydrogen) atoms. The molecule has 2 aromatic heterocycles. The first-order valence-corrected chi connectivity index (χ1v) is 14.2. The van der Waals surface area contributed by atoms with E-state index in [-0.39, 0.29) is 0 Å². The van der Waals surface area contributed by atoms with E-state index in [2.05, 4.69) is 20.2 Å². The maximum atomic E-state index is 11.2. The predicted octanol–water partition coefficient (Wildman–Crippen LogP) is 3.76. The molecule has 4 rings (SSSR count). The van der Waals surface area contributed by atoms with Crippen molar-refractivity contribution in [1.29, 1.82) is 0 Å². The molecule has 2 saturated heterocycles. The zero-order valence-electron chi connectivity index (χ0n) is 22.5. The highest BCUT2D eigenvalue weighted by molar-refractivity contribution is 6.29. The van der Waals surface area contributed by atoms with Crippen molar-refractivity contribution in [3.8, 4) is 0 Å². The minimum Gasteiger partial charge on any atom is -0.336 e. The van der Waals surface area contributed by atoms with Gasteiger partial charge in [0.05, 0.1) is 0 Å². The highest BCUT2D eigenvalue weighted by Gasteiger charge is 2.30. The molecule has 2 aliphatic rings. The third-order valence-corrected chi connectivity index (χ3v) is 7.38. The summed E-state index contributed by atoms with van der Waals surface area (Å²) in [5.41, 5.74) is 1.81. The van der Waals surface area contributed by atoms with Gasteiger partial charge in [-0.2, -0.15) is 0 Å². The molecule has 0 aromatic carbocycles. The quantitative estimate of drug-likeness (QED) is 0.134.